The first-order valence-electron chi connectivity index (χ1n) is 5.36. The summed E-state index contributed by atoms with van der Waals surface area (Å²) in [6.07, 6.45) is 6.10. The fraction of sp³-hybridized carbons (Fsp3) is 0.909. The van der Waals surface area contributed by atoms with Gasteiger partial charge in [0.25, 0.3) is 0 Å². The lowest BCUT2D eigenvalue weighted by Gasteiger charge is -2.38. The third-order valence-electron chi connectivity index (χ3n) is 3.63. The van der Waals surface area contributed by atoms with Crippen LogP contribution in [0.3, 0.4) is 0 Å². The quantitative estimate of drug-likeness (QED) is 0.608. The molecule has 0 aromatic carbocycles. The molecule has 0 bridgehead atoms. The topological polar surface area (TPSA) is 24.4 Å². The summed E-state index contributed by atoms with van der Waals surface area (Å²) in [6.45, 7) is 7.08. The number of nitrogens with one attached hydrogen (secondary N) is 1. The van der Waals surface area contributed by atoms with E-state index >= 15 is 0 Å². The molecule has 0 radical (unpaired) electrons. The molecule has 3 unspecified atom stereocenters. The molecule has 1 aliphatic carbocycles. The minimum absolute atomic E-state index is 0.474. The zero-order chi connectivity index (χ0) is 9.47. The van der Waals surface area contributed by atoms with Crippen molar-refractivity contribution in [3.8, 4) is 0 Å². The van der Waals surface area contributed by atoms with Gasteiger partial charge < -0.3 is 5.43 Å². The minimum Gasteiger partial charge on any atom is -0.307 e. The number of hydrogen-bond acceptors (Lipinski definition) is 2. The average Bonchev–Trinajstić information content (AvgIpc) is 2.47. The highest BCUT2D eigenvalue weighted by atomic mass is 15.3. The van der Waals surface area contributed by atoms with E-state index in [2.05, 4.69) is 37.5 Å². The van der Waals surface area contributed by atoms with Crippen molar-refractivity contribution in [3.05, 3.63) is 0 Å². The van der Waals surface area contributed by atoms with Crippen LogP contribution in [0.1, 0.15) is 40.0 Å². The Morgan fingerprint density at radius 3 is 2.77 bits per heavy atom. The number of hydrogen-bond donors (Lipinski definition) is 1. The van der Waals surface area contributed by atoms with Crippen LogP contribution in [0.2, 0.25) is 0 Å². The van der Waals surface area contributed by atoms with E-state index in [0.717, 1.165) is 5.92 Å². The van der Waals surface area contributed by atoms with Gasteiger partial charge in [-0.15, -0.1) is 0 Å². The second-order valence-corrected chi connectivity index (χ2v) is 5.55. The molecule has 0 spiro atoms. The van der Waals surface area contributed by atoms with Crippen LogP contribution < -0.4 is 5.43 Å². The first-order chi connectivity index (χ1) is 6.07. The Labute approximate surface area is 80.8 Å². The van der Waals surface area contributed by atoms with Crippen molar-refractivity contribution >= 4 is 6.21 Å². The molecule has 3 atom stereocenters. The lowest BCUT2D eigenvalue weighted by molar-refractivity contribution is 0.148. The van der Waals surface area contributed by atoms with Crippen molar-refractivity contribution in [2.75, 3.05) is 0 Å². The third kappa shape index (κ3) is 1.72. The third-order valence-corrected chi connectivity index (χ3v) is 3.63. The second kappa shape index (κ2) is 3.00. The molecule has 2 aliphatic rings. The van der Waals surface area contributed by atoms with Gasteiger partial charge in [0.1, 0.15) is 0 Å². The van der Waals surface area contributed by atoms with E-state index < -0.39 is 0 Å². The molecule has 2 nitrogen and oxygen atoms in total. The molecule has 1 fully saturated rings. The predicted octanol–water partition coefficient (Wildman–Crippen LogP) is 2.41. The van der Waals surface area contributed by atoms with E-state index in [4.69, 9.17) is 0 Å². The molecule has 1 N–H and O–H groups in total. The zero-order valence-electron chi connectivity index (χ0n) is 8.88. The van der Waals surface area contributed by atoms with Crippen molar-refractivity contribution < 1.29 is 0 Å². The van der Waals surface area contributed by atoms with Crippen LogP contribution in [0.4, 0.5) is 0 Å². The Bertz CT molecular complexity index is 215. The highest BCUT2D eigenvalue weighted by molar-refractivity contribution is 5.63. The molecule has 0 aromatic rings. The van der Waals surface area contributed by atoms with Crippen LogP contribution >= 0.6 is 0 Å². The Balaban J connectivity index is 2.01. The van der Waals surface area contributed by atoms with Crippen molar-refractivity contribution in [2.24, 2.45) is 22.4 Å². The van der Waals surface area contributed by atoms with Crippen molar-refractivity contribution in [1.29, 1.82) is 0 Å². The van der Waals surface area contributed by atoms with Gasteiger partial charge in [-0.25, -0.2) is 0 Å². The van der Waals surface area contributed by atoms with Gasteiger partial charge in [0.05, 0.1) is 6.04 Å². The van der Waals surface area contributed by atoms with E-state index in [1.54, 1.807) is 0 Å². The van der Waals surface area contributed by atoms with Gasteiger partial charge in [-0.3, -0.25) is 0 Å². The molecule has 1 heterocycles. The molecular weight excluding hydrogens is 160 g/mol. The largest absolute Gasteiger partial charge is 0.307 e. The summed E-state index contributed by atoms with van der Waals surface area (Å²) in [7, 11) is 0. The van der Waals surface area contributed by atoms with Gasteiger partial charge >= 0.3 is 0 Å². The Kier molecular flexibility index (Phi) is 2.09. The maximum absolute atomic E-state index is 4.17. The molecule has 0 amide bonds. The molecule has 0 saturated heterocycles. The molecule has 0 aromatic heterocycles. The lowest BCUT2D eigenvalue weighted by Crippen LogP contribution is -2.37. The van der Waals surface area contributed by atoms with Crippen molar-refractivity contribution in [3.63, 3.8) is 0 Å². The zero-order valence-corrected chi connectivity index (χ0v) is 8.88. The number of fused-ring (bicyclic) bond motifs is 1. The predicted molar refractivity (Wildman–Crippen MR) is 55.7 cm³/mol. The van der Waals surface area contributed by atoms with Crippen LogP contribution in [-0.4, -0.2) is 12.3 Å². The van der Waals surface area contributed by atoms with Crippen LogP contribution in [0.25, 0.3) is 0 Å². The van der Waals surface area contributed by atoms with Gasteiger partial charge in [-0.2, -0.15) is 5.10 Å². The van der Waals surface area contributed by atoms with Gasteiger partial charge in [0.2, 0.25) is 0 Å². The normalized spacial score (nSPS) is 38.5. The first-order valence-corrected chi connectivity index (χ1v) is 5.36. The summed E-state index contributed by atoms with van der Waals surface area (Å²) < 4.78 is 0. The molecule has 2 rings (SSSR count). The molecular formula is C11H20N2. The van der Waals surface area contributed by atoms with E-state index in [1.807, 2.05) is 0 Å². The minimum atomic E-state index is 0.474. The van der Waals surface area contributed by atoms with Gasteiger partial charge in [0, 0.05) is 12.1 Å². The second-order valence-electron chi connectivity index (χ2n) is 5.55. The van der Waals surface area contributed by atoms with Crippen molar-refractivity contribution in [2.45, 2.75) is 46.1 Å². The average molecular weight is 180 g/mol. The fourth-order valence-corrected chi connectivity index (χ4v) is 2.55. The van der Waals surface area contributed by atoms with E-state index in [0.29, 0.717) is 17.4 Å². The molecule has 1 aliphatic heterocycles. The first kappa shape index (κ1) is 9.04. The van der Waals surface area contributed by atoms with Crippen molar-refractivity contribution in [1.82, 2.24) is 5.43 Å². The SMILES string of the molecule is CC(C)(C)C1CCC2NN=CC2C1. The summed E-state index contributed by atoms with van der Waals surface area (Å²) in [4.78, 5) is 0. The Morgan fingerprint density at radius 1 is 1.31 bits per heavy atom. The number of nitrogens with zero attached hydrogens (tertiary/aromatic N) is 1. The van der Waals surface area contributed by atoms with E-state index in [9.17, 15) is 0 Å². The standard InChI is InChI=1S/C11H20N2/c1-11(2,3)9-4-5-10-8(6-9)7-12-13-10/h7-10,13H,4-6H2,1-3H3. The molecule has 1 saturated carbocycles. The summed E-state index contributed by atoms with van der Waals surface area (Å²) >= 11 is 0. The van der Waals surface area contributed by atoms with Crippen LogP contribution in [0.5, 0.6) is 0 Å². The van der Waals surface area contributed by atoms with Gasteiger partial charge in [0.15, 0.2) is 0 Å². The number of rotatable bonds is 0. The smallest absolute Gasteiger partial charge is 0.0518 e. The Hall–Kier alpha value is -0.530. The van der Waals surface area contributed by atoms with Crippen LogP contribution in [0.15, 0.2) is 5.10 Å². The maximum atomic E-state index is 4.17. The highest BCUT2D eigenvalue weighted by Crippen LogP contribution is 2.40. The van der Waals surface area contributed by atoms with Crippen LogP contribution in [0, 0.1) is 17.3 Å². The van der Waals surface area contributed by atoms with Gasteiger partial charge in [-0.1, -0.05) is 20.8 Å². The summed E-state index contributed by atoms with van der Waals surface area (Å²) in [5.74, 6) is 1.58. The maximum Gasteiger partial charge on any atom is 0.0518 e. The number of hydrazone groups is 1. The monoisotopic (exact) mass is 180 g/mol. The van der Waals surface area contributed by atoms with Crippen LogP contribution in [-0.2, 0) is 0 Å². The summed E-state index contributed by atoms with van der Waals surface area (Å²) in [5, 5.41) is 4.17. The molecule has 13 heavy (non-hydrogen) atoms. The fourth-order valence-electron chi connectivity index (χ4n) is 2.55. The van der Waals surface area contributed by atoms with Gasteiger partial charge in [-0.05, 0) is 30.6 Å². The Morgan fingerprint density at radius 2 is 2.08 bits per heavy atom. The molecule has 2 heteroatoms. The highest BCUT2D eigenvalue weighted by Gasteiger charge is 2.36. The summed E-state index contributed by atoms with van der Waals surface area (Å²) in [6, 6.07) is 0.651. The lowest BCUT2D eigenvalue weighted by atomic mass is 9.68. The van der Waals surface area contributed by atoms with E-state index in [-0.39, 0.29) is 0 Å². The van der Waals surface area contributed by atoms with E-state index in [1.165, 1.54) is 19.3 Å². The molecule has 74 valence electrons. The summed E-state index contributed by atoms with van der Waals surface area (Å²) in [5.41, 5.74) is 3.67.